The van der Waals surface area contributed by atoms with Crippen molar-refractivity contribution in [1.29, 1.82) is 0 Å². The number of nitrogens with zero attached hydrogens (tertiary/aromatic N) is 2. The second-order valence-corrected chi connectivity index (χ2v) is 6.62. The van der Waals surface area contributed by atoms with Crippen LogP contribution in [-0.2, 0) is 6.18 Å². The maximum atomic E-state index is 12.9. The fourth-order valence-electron chi connectivity index (χ4n) is 3.11. The van der Waals surface area contributed by atoms with Crippen molar-refractivity contribution in [2.45, 2.75) is 6.18 Å². The average molecular weight is 426 g/mol. The Bertz CT molecular complexity index is 1230. The third-order valence-corrected chi connectivity index (χ3v) is 4.57. The highest BCUT2D eigenvalue weighted by atomic mass is 19.4. The number of aromatic nitrogens is 2. The lowest BCUT2D eigenvalue weighted by Crippen LogP contribution is -2.21. The van der Waals surface area contributed by atoms with Crippen LogP contribution in [0.4, 0.5) is 29.5 Å². The number of urea groups is 1. The SMILES string of the molecule is COc1ccc(-c2nc3ccccn3c2NC(=O)Nc2cccc(C(F)(F)F)c2)cc1. The number of ether oxygens (including phenoxy) is 1. The van der Waals surface area contributed by atoms with E-state index in [1.54, 1.807) is 54.1 Å². The zero-order valence-corrected chi connectivity index (χ0v) is 16.3. The van der Waals surface area contributed by atoms with Gasteiger partial charge in [0.25, 0.3) is 0 Å². The number of amides is 2. The Balaban J connectivity index is 1.65. The lowest BCUT2D eigenvalue weighted by molar-refractivity contribution is -0.137. The van der Waals surface area contributed by atoms with Gasteiger partial charge in [0, 0.05) is 17.4 Å². The van der Waals surface area contributed by atoms with Gasteiger partial charge in [0.1, 0.15) is 22.9 Å². The van der Waals surface area contributed by atoms with Crippen molar-refractivity contribution in [3.05, 3.63) is 78.5 Å². The lowest BCUT2D eigenvalue weighted by Gasteiger charge is -2.12. The summed E-state index contributed by atoms with van der Waals surface area (Å²) in [6.45, 7) is 0. The van der Waals surface area contributed by atoms with Crippen LogP contribution in [0.25, 0.3) is 16.9 Å². The van der Waals surface area contributed by atoms with Crippen LogP contribution in [0.15, 0.2) is 72.9 Å². The Morgan fingerprint density at radius 2 is 1.77 bits per heavy atom. The number of alkyl halides is 3. The Morgan fingerprint density at radius 3 is 2.48 bits per heavy atom. The molecule has 0 fully saturated rings. The Morgan fingerprint density at radius 1 is 1.00 bits per heavy atom. The molecule has 2 N–H and O–H groups in total. The van der Waals surface area contributed by atoms with Crippen molar-refractivity contribution in [3.8, 4) is 17.0 Å². The first-order chi connectivity index (χ1) is 14.8. The van der Waals surface area contributed by atoms with E-state index in [1.165, 1.54) is 12.1 Å². The maximum absolute atomic E-state index is 12.9. The fourth-order valence-corrected chi connectivity index (χ4v) is 3.11. The van der Waals surface area contributed by atoms with Gasteiger partial charge in [0.15, 0.2) is 0 Å². The number of nitrogens with one attached hydrogen (secondary N) is 2. The highest BCUT2D eigenvalue weighted by molar-refractivity contribution is 6.01. The molecular formula is C22H17F3N4O2. The molecule has 0 bridgehead atoms. The molecule has 0 aliphatic heterocycles. The molecule has 31 heavy (non-hydrogen) atoms. The van der Waals surface area contributed by atoms with Crippen molar-refractivity contribution in [1.82, 2.24) is 9.38 Å². The topological polar surface area (TPSA) is 67.7 Å². The van der Waals surface area contributed by atoms with Crippen LogP contribution in [0.5, 0.6) is 5.75 Å². The van der Waals surface area contributed by atoms with Gasteiger partial charge >= 0.3 is 12.2 Å². The van der Waals surface area contributed by atoms with Crippen LogP contribution in [0.2, 0.25) is 0 Å². The summed E-state index contributed by atoms with van der Waals surface area (Å²) >= 11 is 0. The van der Waals surface area contributed by atoms with Crippen molar-refractivity contribution < 1.29 is 22.7 Å². The molecule has 4 aromatic rings. The number of hydrogen-bond donors (Lipinski definition) is 2. The Labute approximate surface area is 175 Å². The van der Waals surface area contributed by atoms with Gasteiger partial charge in [-0.3, -0.25) is 9.72 Å². The monoisotopic (exact) mass is 426 g/mol. The van der Waals surface area contributed by atoms with Crippen LogP contribution in [0.1, 0.15) is 5.56 Å². The molecule has 0 atom stereocenters. The highest BCUT2D eigenvalue weighted by Crippen LogP contribution is 2.32. The normalized spacial score (nSPS) is 11.4. The molecule has 2 aromatic heterocycles. The van der Waals surface area contributed by atoms with Gasteiger partial charge in [-0.25, -0.2) is 9.78 Å². The smallest absolute Gasteiger partial charge is 0.416 e. The minimum absolute atomic E-state index is 0.0205. The van der Waals surface area contributed by atoms with Gasteiger partial charge in [-0.1, -0.05) is 12.1 Å². The third-order valence-electron chi connectivity index (χ3n) is 4.57. The standard InChI is InChI=1S/C22H17F3N4O2/c1-31-17-10-8-14(9-11-17)19-20(29-12-3-2-7-18(29)27-19)28-21(30)26-16-6-4-5-15(13-16)22(23,24)25/h2-13H,1H3,(H2,26,28,30). The number of fused-ring (bicyclic) bond motifs is 1. The highest BCUT2D eigenvalue weighted by Gasteiger charge is 2.30. The fraction of sp³-hybridized carbons (Fsp3) is 0.0909. The second-order valence-electron chi connectivity index (χ2n) is 6.62. The summed E-state index contributed by atoms with van der Waals surface area (Å²) in [5.41, 5.74) is 1.01. The Hall–Kier alpha value is -4.01. The van der Waals surface area contributed by atoms with E-state index in [2.05, 4.69) is 15.6 Å². The first kappa shape index (κ1) is 20.3. The van der Waals surface area contributed by atoms with Gasteiger partial charge in [0.2, 0.25) is 0 Å². The number of hydrogen-bond acceptors (Lipinski definition) is 3. The summed E-state index contributed by atoms with van der Waals surface area (Å²) in [6, 6.07) is 16.2. The number of pyridine rings is 1. The molecule has 0 saturated carbocycles. The minimum atomic E-state index is -4.50. The molecule has 0 unspecified atom stereocenters. The van der Waals surface area contributed by atoms with E-state index in [9.17, 15) is 18.0 Å². The predicted molar refractivity (Wildman–Crippen MR) is 111 cm³/mol. The quantitative estimate of drug-likeness (QED) is 0.442. The van der Waals surface area contributed by atoms with Crippen molar-refractivity contribution in [2.24, 2.45) is 0 Å². The van der Waals surface area contributed by atoms with Crippen LogP contribution in [0, 0.1) is 0 Å². The van der Waals surface area contributed by atoms with Gasteiger partial charge in [0.05, 0.1) is 12.7 Å². The molecule has 2 heterocycles. The zero-order chi connectivity index (χ0) is 22.0. The molecule has 0 saturated heterocycles. The number of benzene rings is 2. The summed E-state index contributed by atoms with van der Waals surface area (Å²) in [5, 5.41) is 5.15. The number of rotatable bonds is 4. The van der Waals surface area contributed by atoms with Gasteiger partial charge in [-0.15, -0.1) is 0 Å². The molecule has 9 heteroatoms. The number of carbonyl (C=O) groups excluding carboxylic acids is 1. The van der Waals surface area contributed by atoms with E-state index in [0.717, 1.165) is 17.7 Å². The van der Waals surface area contributed by atoms with Crippen LogP contribution >= 0.6 is 0 Å². The summed E-state index contributed by atoms with van der Waals surface area (Å²) in [6.07, 6.45) is -2.77. The van der Waals surface area contributed by atoms with Gasteiger partial charge in [-0.05, 0) is 54.6 Å². The molecule has 6 nitrogen and oxygen atoms in total. The maximum Gasteiger partial charge on any atom is 0.416 e. The van der Waals surface area contributed by atoms with E-state index in [0.29, 0.717) is 22.9 Å². The number of methoxy groups -OCH3 is 1. The Kier molecular flexibility index (Phi) is 5.24. The molecule has 2 amide bonds. The van der Waals surface area contributed by atoms with E-state index in [1.807, 2.05) is 6.07 Å². The van der Waals surface area contributed by atoms with E-state index >= 15 is 0 Å². The van der Waals surface area contributed by atoms with Crippen LogP contribution in [-0.4, -0.2) is 22.5 Å². The number of imidazole rings is 1. The van der Waals surface area contributed by atoms with Crippen LogP contribution < -0.4 is 15.4 Å². The average Bonchev–Trinajstić information content (AvgIpc) is 3.12. The van der Waals surface area contributed by atoms with Crippen molar-refractivity contribution in [2.75, 3.05) is 17.7 Å². The molecule has 4 rings (SSSR count). The molecule has 158 valence electrons. The molecule has 0 spiro atoms. The van der Waals surface area contributed by atoms with Gasteiger partial charge < -0.3 is 10.1 Å². The van der Waals surface area contributed by atoms with Crippen molar-refractivity contribution in [3.63, 3.8) is 0 Å². The van der Waals surface area contributed by atoms with Crippen molar-refractivity contribution >= 4 is 23.2 Å². The molecule has 0 aliphatic rings. The molecule has 0 aliphatic carbocycles. The number of carbonyl (C=O) groups is 1. The summed E-state index contributed by atoms with van der Waals surface area (Å²) < 4.78 is 45.7. The first-order valence-electron chi connectivity index (χ1n) is 9.22. The minimum Gasteiger partial charge on any atom is -0.497 e. The molecule has 2 aromatic carbocycles. The second kappa shape index (κ2) is 8.02. The van der Waals surface area contributed by atoms with E-state index in [-0.39, 0.29) is 5.69 Å². The van der Waals surface area contributed by atoms with E-state index < -0.39 is 17.8 Å². The third kappa shape index (κ3) is 4.30. The summed E-state index contributed by atoms with van der Waals surface area (Å²) in [4.78, 5) is 17.2. The predicted octanol–water partition coefficient (Wildman–Crippen LogP) is 5.67. The number of halogens is 3. The van der Waals surface area contributed by atoms with Crippen LogP contribution in [0.3, 0.4) is 0 Å². The molecular weight excluding hydrogens is 409 g/mol. The first-order valence-corrected chi connectivity index (χ1v) is 9.22. The number of anilines is 2. The largest absolute Gasteiger partial charge is 0.497 e. The zero-order valence-electron chi connectivity index (χ0n) is 16.3. The summed E-state index contributed by atoms with van der Waals surface area (Å²) in [5.74, 6) is 1.05. The lowest BCUT2D eigenvalue weighted by atomic mass is 10.1. The van der Waals surface area contributed by atoms with E-state index in [4.69, 9.17) is 4.74 Å². The molecule has 0 radical (unpaired) electrons. The van der Waals surface area contributed by atoms with Gasteiger partial charge in [-0.2, -0.15) is 13.2 Å². The summed E-state index contributed by atoms with van der Waals surface area (Å²) in [7, 11) is 1.56.